The molecule has 0 aromatic carbocycles. The van der Waals surface area contributed by atoms with Gasteiger partial charge in [0.2, 0.25) is 5.91 Å². The van der Waals surface area contributed by atoms with Gasteiger partial charge in [-0.15, -0.1) is 0 Å². The SMILES string of the molecule is CCNC(=O)CNCCCCOC. The molecule has 78 valence electrons. The fourth-order valence-corrected chi connectivity index (χ4v) is 0.958. The van der Waals surface area contributed by atoms with Crippen molar-refractivity contribution in [1.29, 1.82) is 0 Å². The summed E-state index contributed by atoms with van der Waals surface area (Å²) in [5.41, 5.74) is 0. The minimum atomic E-state index is 0.0641. The number of unbranched alkanes of at least 4 members (excludes halogenated alkanes) is 1. The van der Waals surface area contributed by atoms with Crippen LogP contribution in [0.3, 0.4) is 0 Å². The van der Waals surface area contributed by atoms with Gasteiger partial charge < -0.3 is 15.4 Å². The van der Waals surface area contributed by atoms with Gasteiger partial charge in [-0.05, 0) is 26.3 Å². The molecule has 4 heteroatoms. The summed E-state index contributed by atoms with van der Waals surface area (Å²) in [5, 5.41) is 5.78. The van der Waals surface area contributed by atoms with Gasteiger partial charge in [0, 0.05) is 20.3 Å². The summed E-state index contributed by atoms with van der Waals surface area (Å²) in [5.74, 6) is 0.0641. The topological polar surface area (TPSA) is 50.4 Å². The van der Waals surface area contributed by atoms with E-state index in [-0.39, 0.29) is 5.91 Å². The van der Waals surface area contributed by atoms with Gasteiger partial charge >= 0.3 is 0 Å². The van der Waals surface area contributed by atoms with Gasteiger partial charge in [0.25, 0.3) is 0 Å². The first-order chi connectivity index (χ1) is 6.31. The molecule has 1 amide bonds. The number of amides is 1. The van der Waals surface area contributed by atoms with Crippen molar-refractivity contribution < 1.29 is 9.53 Å². The second-order valence-electron chi connectivity index (χ2n) is 2.83. The van der Waals surface area contributed by atoms with Crippen LogP contribution >= 0.6 is 0 Å². The van der Waals surface area contributed by atoms with Crippen LogP contribution in [0.25, 0.3) is 0 Å². The molecule has 0 aliphatic carbocycles. The van der Waals surface area contributed by atoms with Crippen LogP contribution in [-0.4, -0.2) is 39.3 Å². The average molecular weight is 188 g/mol. The summed E-state index contributed by atoms with van der Waals surface area (Å²) in [6.45, 7) is 4.70. The number of ether oxygens (including phenoxy) is 1. The third-order valence-electron chi connectivity index (χ3n) is 1.61. The predicted octanol–water partition coefficient (Wildman–Crippen LogP) is 0.139. The molecule has 0 fully saturated rings. The fraction of sp³-hybridized carbons (Fsp3) is 0.889. The minimum absolute atomic E-state index is 0.0641. The van der Waals surface area contributed by atoms with Crippen LogP contribution < -0.4 is 10.6 Å². The molecule has 0 saturated carbocycles. The molecule has 0 aliphatic heterocycles. The predicted molar refractivity (Wildman–Crippen MR) is 52.7 cm³/mol. The van der Waals surface area contributed by atoms with Gasteiger partial charge in [0.15, 0.2) is 0 Å². The molecular formula is C9H20N2O2. The Kier molecular flexibility index (Phi) is 9.03. The van der Waals surface area contributed by atoms with E-state index in [9.17, 15) is 4.79 Å². The number of methoxy groups -OCH3 is 1. The number of carbonyl (C=O) groups is 1. The molecule has 0 atom stereocenters. The van der Waals surface area contributed by atoms with E-state index in [1.54, 1.807) is 7.11 Å². The van der Waals surface area contributed by atoms with Crippen molar-refractivity contribution in [2.75, 3.05) is 33.4 Å². The summed E-state index contributed by atoms with van der Waals surface area (Å²) in [4.78, 5) is 10.9. The molecule has 0 bridgehead atoms. The summed E-state index contributed by atoms with van der Waals surface area (Å²) < 4.78 is 4.90. The molecule has 0 unspecified atom stereocenters. The van der Waals surface area contributed by atoms with Crippen LogP contribution in [0.15, 0.2) is 0 Å². The normalized spacial score (nSPS) is 10.0. The van der Waals surface area contributed by atoms with E-state index in [1.165, 1.54) is 0 Å². The van der Waals surface area contributed by atoms with Gasteiger partial charge in [-0.3, -0.25) is 4.79 Å². The van der Waals surface area contributed by atoms with E-state index in [0.717, 1.165) is 26.0 Å². The number of hydrogen-bond acceptors (Lipinski definition) is 3. The van der Waals surface area contributed by atoms with Crippen molar-refractivity contribution >= 4 is 5.91 Å². The van der Waals surface area contributed by atoms with E-state index in [1.807, 2.05) is 6.92 Å². The lowest BCUT2D eigenvalue weighted by Gasteiger charge is -2.04. The Hall–Kier alpha value is -0.610. The lowest BCUT2D eigenvalue weighted by molar-refractivity contribution is -0.120. The Balaban J connectivity index is 3.02. The number of nitrogens with one attached hydrogen (secondary N) is 2. The molecule has 0 saturated heterocycles. The Morgan fingerprint density at radius 3 is 2.77 bits per heavy atom. The monoisotopic (exact) mass is 188 g/mol. The van der Waals surface area contributed by atoms with E-state index < -0.39 is 0 Å². The first-order valence-corrected chi connectivity index (χ1v) is 4.77. The van der Waals surface area contributed by atoms with Crippen LogP contribution in [-0.2, 0) is 9.53 Å². The molecular weight excluding hydrogens is 168 g/mol. The number of carbonyl (C=O) groups excluding carboxylic acids is 1. The van der Waals surface area contributed by atoms with Gasteiger partial charge in [-0.2, -0.15) is 0 Å². The van der Waals surface area contributed by atoms with Crippen LogP contribution in [0.1, 0.15) is 19.8 Å². The van der Waals surface area contributed by atoms with Crippen molar-refractivity contribution in [3.05, 3.63) is 0 Å². The largest absolute Gasteiger partial charge is 0.385 e. The third-order valence-corrected chi connectivity index (χ3v) is 1.61. The van der Waals surface area contributed by atoms with E-state index in [2.05, 4.69) is 10.6 Å². The molecule has 0 aliphatic rings. The van der Waals surface area contributed by atoms with E-state index in [4.69, 9.17) is 4.74 Å². The standard InChI is InChI=1S/C9H20N2O2/c1-3-11-9(12)8-10-6-4-5-7-13-2/h10H,3-8H2,1-2H3,(H,11,12). The molecule has 0 spiro atoms. The lowest BCUT2D eigenvalue weighted by Crippen LogP contribution is -2.34. The third kappa shape index (κ3) is 9.30. The van der Waals surface area contributed by atoms with Gasteiger partial charge in [-0.1, -0.05) is 0 Å². The van der Waals surface area contributed by atoms with Crippen LogP contribution in [0.2, 0.25) is 0 Å². The molecule has 13 heavy (non-hydrogen) atoms. The van der Waals surface area contributed by atoms with Crippen LogP contribution in [0.5, 0.6) is 0 Å². The molecule has 0 aromatic rings. The molecule has 4 nitrogen and oxygen atoms in total. The maximum Gasteiger partial charge on any atom is 0.233 e. The van der Waals surface area contributed by atoms with Crippen molar-refractivity contribution in [3.63, 3.8) is 0 Å². The molecule has 0 radical (unpaired) electrons. The van der Waals surface area contributed by atoms with Crippen molar-refractivity contribution in [2.24, 2.45) is 0 Å². The smallest absolute Gasteiger partial charge is 0.233 e. The molecule has 0 aromatic heterocycles. The number of likely N-dealkylation sites (N-methyl/N-ethyl adjacent to an activating group) is 1. The molecule has 0 rings (SSSR count). The number of hydrogen-bond donors (Lipinski definition) is 2. The summed E-state index contributed by atoms with van der Waals surface area (Å²) in [6.07, 6.45) is 2.09. The van der Waals surface area contributed by atoms with Crippen molar-refractivity contribution in [3.8, 4) is 0 Å². The van der Waals surface area contributed by atoms with E-state index >= 15 is 0 Å². The quantitative estimate of drug-likeness (QED) is 0.533. The zero-order valence-electron chi connectivity index (χ0n) is 8.56. The minimum Gasteiger partial charge on any atom is -0.385 e. The molecule has 2 N–H and O–H groups in total. The first-order valence-electron chi connectivity index (χ1n) is 4.77. The maximum atomic E-state index is 10.9. The second kappa shape index (κ2) is 9.48. The first kappa shape index (κ1) is 12.4. The van der Waals surface area contributed by atoms with Crippen LogP contribution in [0.4, 0.5) is 0 Å². The lowest BCUT2D eigenvalue weighted by atomic mass is 10.3. The zero-order chi connectivity index (χ0) is 9.94. The molecule has 0 heterocycles. The highest BCUT2D eigenvalue weighted by atomic mass is 16.5. The number of rotatable bonds is 8. The maximum absolute atomic E-state index is 10.9. The fourth-order valence-electron chi connectivity index (χ4n) is 0.958. The van der Waals surface area contributed by atoms with E-state index in [0.29, 0.717) is 13.1 Å². The highest BCUT2D eigenvalue weighted by Gasteiger charge is 1.96. The highest BCUT2D eigenvalue weighted by molar-refractivity contribution is 5.77. The average Bonchev–Trinajstić information content (AvgIpc) is 2.11. The van der Waals surface area contributed by atoms with Crippen LogP contribution in [0, 0.1) is 0 Å². The van der Waals surface area contributed by atoms with Crippen molar-refractivity contribution in [1.82, 2.24) is 10.6 Å². The summed E-state index contributed by atoms with van der Waals surface area (Å²) >= 11 is 0. The Morgan fingerprint density at radius 1 is 1.38 bits per heavy atom. The Morgan fingerprint density at radius 2 is 2.15 bits per heavy atom. The highest BCUT2D eigenvalue weighted by Crippen LogP contribution is 1.85. The van der Waals surface area contributed by atoms with Gasteiger partial charge in [-0.25, -0.2) is 0 Å². The van der Waals surface area contributed by atoms with Gasteiger partial charge in [0.1, 0.15) is 0 Å². The zero-order valence-corrected chi connectivity index (χ0v) is 8.56. The second-order valence-corrected chi connectivity index (χ2v) is 2.83. The Bertz CT molecular complexity index is 129. The van der Waals surface area contributed by atoms with Crippen molar-refractivity contribution in [2.45, 2.75) is 19.8 Å². The summed E-state index contributed by atoms with van der Waals surface area (Å²) in [7, 11) is 1.70. The summed E-state index contributed by atoms with van der Waals surface area (Å²) in [6, 6.07) is 0. The van der Waals surface area contributed by atoms with Gasteiger partial charge in [0.05, 0.1) is 6.54 Å². The Labute approximate surface area is 80.0 Å².